The minimum Gasteiger partial charge on any atom is -0.465 e. The number of nitrogens with one attached hydrogen (secondary N) is 1. The monoisotopic (exact) mass is 175 g/mol. The number of methoxy groups -OCH3 is 1. The van der Waals surface area contributed by atoms with Gasteiger partial charge in [0.2, 0.25) is 0 Å². The highest BCUT2D eigenvalue weighted by Crippen LogP contribution is 1.99. The zero-order chi connectivity index (χ0) is 8.15. The SMILES string of the molecule is COC(=O)C(=C=N)C(=S)S. The highest BCUT2D eigenvalue weighted by Gasteiger charge is 2.11. The van der Waals surface area contributed by atoms with Crippen LogP contribution in [-0.2, 0) is 9.53 Å². The van der Waals surface area contributed by atoms with Crippen molar-refractivity contribution >= 4 is 40.9 Å². The van der Waals surface area contributed by atoms with Crippen LogP contribution in [0.4, 0.5) is 0 Å². The van der Waals surface area contributed by atoms with Crippen molar-refractivity contribution in [3.05, 3.63) is 5.57 Å². The molecule has 0 radical (unpaired) electrons. The molecule has 1 N–H and O–H groups in total. The molecule has 10 heavy (non-hydrogen) atoms. The van der Waals surface area contributed by atoms with E-state index in [9.17, 15) is 4.79 Å². The summed E-state index contributed by atoms with van der Waals surface area (Å²) in [5.41, 5.74) is -0.124. The molecule has 0 atom stereocenters. The predicted molar refractivity (Wildman–Crippen MR) is 44.8 cm³/mol. The van der Waals surface area contributed by atoms with Crippen LogP contribution in [0, 0.1) is 5.41 Å². The zero-order valence-corrected chi connectivity index (χ0v) is 6.88. The third-order valence-corrected chi connectivity index (χ3v) is 1.16. The molecular formula is C5H5NO2S2. The van der Waals surface area contributed by atoms with Gasteiger partial charge in [-0.1, -0.05) is 12.2 Å². The van der Waals surface area contributed by atoms with Crippen LogP contribution in [0.5, 0.6) is 0 Å². The maximum Gasteiger partial charge on any atom is 0.349 e. The van der Waals surface area contributed by atoms with Crippen molar-refractivity contribution in [2.24, 2.45) is 0 Å². The third kappa shape index (κ3) is 2.31. The van der Waals surface area contributed by atoms with Crippen LogP contribution < -0.4 is 0 Å². The van der Waals surface area contributed by atoms with Gasteiger partial charge in [0.05, 0.1) is 11.3 Å². The molecule has 0 fully saturated rings. The van der Waals surface area contributed by atoms with Crippen molar-refractivity contribution < 1.29 is 9.53 Å². The van der Waals surface area contributed by atoms with Gasteiger partial charge in [0.25, 0.3) is 0 Å². The van der Waals surface area contributed by atoms with E-state index in [4.69, 9.17) is 5.41 Å². The first kappa shape index (κ1) is 9.36. The van der Waals surface area contributed by atoms with E-state index in [1.54, 1.807) is 0 Å². The van der Waals surface area contributed by atoms with E-state index in [1.165, 1.54) is 7.11 Å². The van der Waals surface area contributed by atoms with Crippen molar-refractivity contribution in [2.75, 3.05) is 7.11 Å². The Bertz CT molecular complexity index is 218. The minimum absolute atomic E-state index is 0.0156. The van der Waals surface area contributed by atoms with E-state index in [2.05, 4.69) is 29.6 Å². The van der Waals surface area contributed by atoms with E-state index >= 15 is 0 Å². The van der Waals surface area contributed by atoms with Crippen LogP contribution in [0.3, 0.4) is 0 Å². The third-order valence-electron chi connectivity index (χ3n) is 0.728. The maximum absolute atomic E-state index is 10.6. The fourth-order valence-corrected chi connectivity index (χ4v) is 0.575. The number of hydrogen-bond acceptors (Lipinski definition) is 4. The number of ether oxygens (including phenoxy) is 1. The second-order valence-electron chi connectivity index (χ2n) is 1.30. The number of thiocarbonyl (C=S) groups is 1. The molecule has 0 rings (SSSR count). The minimum atomic E-state index is -0.685. The first-order valence-corrected chi connectivity index (χ1v) is 3.10. The molecule has 0 aromatic heterocycles. The number of hydrogen-bond donors (Lipinski definition) is 2. The largest absolute Gasteiger partial charge is 0.465 e. The average molecular weight is 175 g/mol. The van der Waals surface area contributed by atoms with Crippen LogP contribution >= 0.6 is 24.8 Å². The Morgan fingerprint density at radius 2 is 2.30 bits per heavy atom. The first-order chi connectivity index (χ1) is 4.63. The molecule has 0 saturated heterocycles. The Balaban J connectivity index is 4.56. The van der Waals surface area contributed by atoms with Gasteiger partial charge in [-0.15, -0.1) is 12.6 Å². The molecule has 0 bridgehead atoms. The molecule has 5 heteroatoms. The Morgan fingerprint density at radius 3 is 2.40 bits per heavy atom. The molecule has 0 unspecified atom stereocenters. The zero-order valence-electron chi connectivity index (χ0n) is 5.17. The lowest BCUT2D eigenvalue weighted by molar-refractivity contribution is -0.135. The summed E-state index contributed by atoms with van der Waals surface area (Å²) in [7, 11) is 1.20. The van der Waals surface area contributed by atoms with E-state index in [0.717, 1.165) is 0 Å². The van der Waals surface area contributed by atoms with Gasteiger partial charge in [-0.2, -0.15) is 0 Å². The molecule has 0 aliphatic carbocycles. The molecule has 0 heterocycles. The van der Waals surface area contributed by atoms with Crippen molar-refractivity contribution in [2.45, 2.75) is 0 Å². The fourth-order valence-electron chi connectivity index (χ4n) is 0.294. The summed E-state index contributed by atoms with van der Waals surface area (Å²) in [4.78, 5) is 10.6. The molecule has 0 aromatic rings. The van der Waals surface area contributed by atoms with Crippen LogP contribution in [0.1, 0.15) is 0 Å². The smallest absolute Gasteiger partial charge is 0.349 e. The summed E-state index contributed by atoms with van der Waals surface area (Å²) in [6, 6.07) is 0. The Kier molecular flexibility index (Phi) is 3.95. The number of carbonyl (C=O) groups excluding carboxylic acids is 1. The summed E-state index contributed by atoms with van der Waals surface area (Å²) < 4.78 is 4.29. The van der Waals surface area contributed by atoms with E-state index < -0.39 is 5.97 Å². The quantitative estimate of drug-likeness (QED) is 0.212. The lowest BCUT2D eigenvalue weighted by atomic mass is 10.3. The molecule has 3 nitrogen and oxygen atoms in total. The van der Waals surface area contributed by atoms with E-state index in [0.29, 0.717) is 0 Å². The summed E-state index contributed by atoms with van der Waals surface area (Å²) in [5, 5.41) is 6.60. The number of thiol groups is 1. The molecule has 0 aliphatic heterocycles. The van der Waals surface area contributed by atoms with Gasteiger partial charge >= 0.3 is 5.97 Å². The Hall–Kier alpha value is -0.640. The number of esters is 1. The Labute approximate surface area is 69.0 Å². The second-order valence-corrected chi connectivity index (χ2v) is 2.45. The van der Waals surface area contributed by atoms with Gasteiger partial charge < -0.3 is 4.74 Å². The first-order valence-electron chi connectivity index (χ1n) is 2.24. The van der Waals surface area contributed by atoms with E-state index in [-0.39, 0.29) is 9.77 Å². The van der Waals surface area contributed by atoms with Gasteiger partial charge in [0.15, 0.2) is 0 Å². The summed E-state index contributed by atoms with van der Waals surface area (Å²) >= 11 is 8.18. The van der Waals surface area contributed by atoms with E-state index in [1.807, 2.05) is 5.87 Å². The maximum atomic E-state index is 10.6. The van der Waals surface area contributed by atoms with Gasteiger partial charge in [-0.3, -0.25) is 5.41 Å². The number of rotatable bonds is 2. The van der Waals surface area contributed by atoms with Crippen molar-refractivity contribution in [1.82, 2.24) is 0 Å². The standard InChI is InChI=1S/C5H5NO2S2/c1-8-4(7)3(2-6)5(9)10/h6H,1H3,(H,9,10). The fraction of sp³-hybridized carbons (Fsp3) is 0.200. The highest BCUT2D eigenvalue weighted by atomic mass is 32.1. The topological polar surface area (TPSA) is 50.2 Å². The summed E-state index contributed by atoms with van der Waals surface area (Å²) in [5.74, 6) is 1.14. The van der Waals surface area contributed by atoms with Crippen molar-refractivity contribution in [1.29, 1.82) is 5.41 Å². The van der Waals surface area contributed by atoms with Gasteiger partial charge in [-0.25, -0.2) is 4.79 Å². The van der Waals surface area contributed by atoms with Gasteiger partial charge in [0.1, 0.15) is 5.57 Å². The summed E-state index contributed by atoms with van der Waals surface area (Å²) in [6.07, 6.45) is 0. The molecule has 54 valence electrons. The second kappa shape index (κ2) is 4.22. The van der Waals surface area contributed by atoms with Crippen molar-refractivity contribution in [3.63, 3.8) is 0 Å². The molecule has 0 saturated carbocycles. The van der Waals surface area contributed by atoms with Crippen LogP contribution in [0.15, 0.2) is 5.57 Å². The highest BCUT2D eigenvalue weighted by molar-refractivity contribution is 8.12. The Morgan fingerprint density at radius 1 is 1.80 bits per heavy atom. The molecular weight excluding hydrogens is 170 g/mol. The normalized spacial score (nSPS) is 7.80. The van der Waals surface area contributed by atoms with Crippen LogP contribution in [-0.4, -0.2) is 23.1 Å². The van der Waals surface area contributed by atoms with Crippen molar-refractivity contribution in [3.8, 4) is 0 Å². The number of carbonyl (C=O) groups is 1. The lowest BCUT2D eigenvalue weighted by Gasteiger charge is -1.95. The molecule has 0 spiro atoms. The average Bonchev–Trinajstić information content (AvgIpc) is 1.88. The lowest BCUT2D eigenvalue weighted by Crippen LogP contribution is -2.09. The predicted octanol–water partition coefficient (Wildman–Crippen LogP) is 0.591. The van der Waals surface area contributed by atoms with Gasteiger partial charge in [-0.05, 0) is 5.87 Å². The summed E-state index contributed by atoms with van der Waals surface area (Å²) in [6.45, 7) is 0. The molecule has 0 aliphatic rings. The molecule has 0 amide bonds. The van der Waals surface area contributed by atoms with Crippen LogP contribution in [0.2, 0.25) is 0 Å². The van der Waals surface area contributed by atoms with Gasteiger partial charge in [0, 0.05) is 0 Å². The molecule has 0 aromatic carbocycles. The van der Waals surface area contributed by atoms with Crippen LogP contribution in [0.25, 0.3) is 0 Å².